The Balaban J connectivity index is 1.98. The molecule has 0 radical (unpaired) electrons. The highest BCUT2D eigenvalue weighted by Gasteiger charge is 2.32. The maximum atomic E-state index is 13.1. The smallest absolute Gasteiger partial charge is 0.397 e. The Morgan fingerprint density at radius 3 is 2.50 bits per heavy atom. The van der Waals surface area contributed by atoms with Gasteiger partial charge in [-0.05, 0) is 18.2 Å². The van der Waals surface area contributed by atoms with Crippen molar-refractivity contribution in [1.82, 2.24) is 4.98 Å². The summed E-state index contributed by atoms with van der Waals surface area (Å²) in [6.07, 6.45) is -4.60. The summed E-state index contributed by atoms with van der Waals surface area (Å²) in [5, 5.41) is 10.3. The highest BCUT2D eigenvalue weighted by atomic mass is 35.5. The molecular weight excluding hydrogens is 461 g/mol. The van der Waals surface area contributed by atoms with Crippen LogP contribution in [0.5, 0.6) is 0 Å². The molecule has 4 N–H and O–H groups in total. The van der Waals surface area contributed by atoms with E-state index in [2.05, 4.69) is 4.98 Å². The Morgan fingerprint density at radius 2 is 1.84 bits per heavy atom. The van der Waals surface area contributed by atoms with E-state index in [9.17, 15) is 23.2 Å². The number of thiophene rings is 1. The third-order valence-corrected chi connectivity index (χ3v) is 6.25. The lowest BCUT2D eigenvalue weighted by atomic mass is 9.96. The molecule has 2 aromatic heterocycles. The van der Waals surface area contributed by atoms with Crippen LogP contribution in [0.2, 0.25) is 5.02 Å². The third kappa shape index (κ3) is 3.53. The van der Waals surface area contributed by atoms with Crippen molar-refractivity contribution in [2.45, 2.75) is 6.18 Å². The van der Waals surface area contributed by atoms with Crippen LogP contribution >= 0.6 is 22.9 Å². The van der Waals surface area contributed by atoms with Crippen molar-refractivity contribution >= 4 is 50.4 Å². The van der Waals surface area contributed by atoms with Crippen molar-refractivity contribution in [3.05, 3.63) is 75.1 Å². The Hall–Kier alpha value is -3.61. The van der Waals surface area contributed by atoms with Gasteiger partial charge in [0.05, 0.1) is 11.3 Å². The number of alkyl halides is 3. The second-order valence-electron chi connectivity index (χ2n) is 6.77. The van der Waals surface area contributed by atoms with Gasteiger partial charge in [0, 0.05) is 27.1 Å². The first-order valence-electron chi connectivity index (χ1n) is 9.02. The number of benzene rings is 2. The number of fused-ring (bicyclic) bond motifs is 1. The number of nitriles is 1. The summed E-state index contributed by atoms with van der Waals surface area (Å²) in [6, 6.07) is 12.8. The first-order chi connectivity index (χ1) is 15.1. The molecule has 0 saturated carbocycles. The Morgan fingerprint density at radius 1 is 1.12 bits per heavy atom. The SMILES string of the molecule is N#Cc1c(N)nc2sc(C(=O)c3cccc(C(F)(F)F)c3)c(N)c2c1-c1ccccc1Cl. The van der Waals surface area contributed by atoms with Crippen LogP contribution in [-0.4, -0.2) is 10.8 Å². The number of halogens is 4. The number of ketones is 1. The molecule has 2 heterocycles. The topological polar surface area (TPSA) is 106 Å². The molecule has 0 aliphatic heterocycles. The van der Waals surface area contributed by atoms with Gasteiger partial charge in [-0.2, -0.15) is 18.4 Å². The lowest BCUT2D eigenvalue weighted by molar-refractivity contribution is -0.137. The predicted molar refractivity (Wildman–Crippen MR) is 118 cm³/mol. The van der Waals surface area contributed by atoms with Crippen LogP contribution in [0.25, 0.3) is 21.3 Å². The second kappa shape index (κ2) is 7.82. The number of aromatic nitrogens is 1. The fourth-order valence-corrected chi connectivity index (χ4v) is 4.66. The molecular formula is C22H12ClF3N4OS. The lowest BCUT2D eigenvalue weighted by Crippen LogP contribution is -2.08. The van der Waals surface area contributed by atoms with Gasteiger partial charge in [-0.3, -0.25) is 4.79 Å². The van der Waals surface area contributed by atoms with Gasteiger partial charge in [-0.15, -0.1) is 11.3 Å². The van der Waals surface area contributed by atoms with Crippen LogP contribution < -0.4 is 11.5 Å². The Bertz CT molecular complexity index is 1440. The molecule has 0 saturated heterocycles. The van der Waals surface area contributed by atoms with E-state index in [0.29, 0.717) is 21.5 Å². The summed E-state index contributed by atoms with van der Waals surface area (Å²) in [5.74, 6) is -0.770. The average Bonchev–Trinajstić information content (AvgIpc) is 3.08. The summed E-state index contributed by atoms with van der Waals surface area (Å²) in [7, 11) is 0. The van der Waals surface area contributed by atoms with Crippen molar-refractivity contribution in [3.63, 3.8) is 0 Å². The summed E-state index contributed by atoms with van der Waals surface area (Å²) in [5.41, 5.74) is 12.0. The van der Waals surface area contributed by atoms with Gasteiger partial charge in [0.1, 0.15) is 27.2 Å². The van der Waals surface area contributed by atoms with Gasteiger partial charge in [0.15, 0.2) is 0 Å². The van der Waals surface area contributed by atoms with Gasteiger partial charge in [0.25, 0.3) is 0 Å². The molecule has 0 aliphatic carbocycles. The Kier molecular flexibility index (Phi) is 5.28. The first kappa shape index (κ1) is 21.6. The number of hydrogen-bond donors (Lipinski definition) is 2. The number of nitrogen functional groups attached to an aromatic ring is 2. The molecule has 0 bridgehead atoms. The molecule has 4 aromatic rings. The summed E-state index contributed by atoms with van der Waals surface area (Å²) in [4.78, 5) is 17.5. The minimum atomic E-state index is -4.60. The molecule has 0 unspecified atom stereocenters. The molecule has 0 atom stereocenters. The van der Waals surface area contributed by atoms with E-state index < -0.39 is 17.5 Å². The van der Waals surface area contributed by atoms with Gasteiger partial charge in [-0.25, -0.2) is 4.98 Å². The summed E-state index contributed by atoms with van der Waals surface area (Å²) < 4.78 is 39.3. The monoisotopic (exact) mass is 472 g/mol. The number of carbonyl (C=O) groups is 1. The average molecular weight is 473 g/mol. The van der Waals surface area contributed by atoms with E-state index in [4.69, 9.17) is 23.1 Å². The van der Waals surface area contributed by atoms with E-state index in [-0.39, 0.29) is 32.3 Å². The van der Waals surface area contributed by atoms with Gasteiger partial charge < -0.3 is 11.5 Å². The van der Waals surface area contributed by atoms with Crippen LogP contribution in [-0.2, 0) is 6.18 Å². The zero-order chi connectivity index (χ0) is 23.2. The van der Waals surface area contributed by atoms with Crippen molar-refractivity contribution in [2.24, 2.45) is 0 Å². The fourth-order valence-electron chi connectivity index (χ4n) is 3.35. The zero-order valence-electron chi connectivity index (χ0n) is 16.0. The van der Waals surface area contributed by atoms with Gasteiger partial charge in [0.2, 0.25) is 5.78 Å². The van der Waals surface area contributed by atoms with E-state index >= 15 is 0 Å². The normalized spacial score (nSPS) is 11.5. The van der Waals surface area contributed by atoms with Crippen molar-refractivity contribution in [3.8, 4) is 17.2 Å². The van der Waals surface area contributed by atoms with Crippen molar-refractivity contribution < 1.29 is 18.0 Å². The molecule has 32 heavy (non-hydrogen) atoms. The van der Waals surface area contributed by atoms with Crippen LogP contribution in [0.15, 0.2) is 48.5 Å². The number of rotatable bonds is 3. The quantitative estimate of drug-likeness (QED) is 0.361. The number of nitrogens with zero attached hydrogens (tertiary/aromatic N) is 2. The number of nitrogens with two attached hydrogens (primary N) is 2. The van der Waals surface area contributed by atoms with Crippen LogP contribution in [0.1, 0.15) is 26.4 Å². The van der Waals surface area contributed by atoms with E-state index in [1.165, 1.54) is 6.07 Å². The standard InChI is InChI=1S/C22H12ClF3N4OS/c23-14-7-2-1-6-12(14)15-13(9-27)20(29)30-21-16(15)17(28)19(32-21)18(31)10-4-3-5-11(8-10)22(24,25)26/h1-8H,28H2,(H2,29,30). The Labute approximate surface area is 188 Å². The largest absolute Gasteiger partial charge is 0.416 e. The van der Waals surface area contributed by atoms with E-state index in [1.54, 1.807) is 24.3 Å². The van der Waals surface area contributed by atoms with Crippen LogP contribution in [0.3, 0.4) is 0 Å². The van der Waals surface area contributed by atoms with E-state index in [0.717, 1.165) is 29.5 Å². The van der Waals surface area contributed by atoms with Gasteiger partial charge >= 0.3 is 6.18 Å². The molecule has 0 fully saturated rings. The minimum absolute atomic E-state index is 0.00498. The third-order valence-electron chi connectivity index (χ3n) is 4.82. The summed E-state index contributed by atoms with van der Waals surface area (Å²) in [6.45, 7) is 0. The molecule has 10 heteroatoms. The molecule has 5 nitrogen and oxygen atoms in total. The predicted octanol–water partition coefficient (Wildman–Crippen LogP) is 5.90. The number of anilines is 2. The molecule has 4 rings (SSSR count). The van der Waals surface area contributed by atoms with Crippen molar-refractivity contribution in [2.75, 3.05) is 11.5 Å². The first-order valence-corrected chi connectivity index (χ1v) is 10.2. The second-order valence-corrected chi connectivity index (χ2v) is 8.18. The van der Waals surface area contributed by atoms with Gasteiger partial charge in [-0.1, -0.05) is 41.9 Å². The lowest BCUT2D eigenvalue weighted by Gasteiger charge is -2.11. The molecule has 0 aliphatic rings. The minimum Gasteiger partial charge on any atom is -0.397 e. The maximum absolute atomic E-state index is 13.1. The zero-order valence-corrected chi connectivity index (χ0v) is 17.6. The molecule has 0 amide bonds. The molecule has 0 spiro atoms. The van der Waals surface area contributed by atoms with Crippen LogP contribution in [0.4, 0.5) is 24.7 Å². The fraction of sp³-hybridized carbons (Fsp3) is 0.0455. The van der Waals surface area contributed by atoms with Crippen molar-refractivity contribution in [1.29, 1.82) is 5.26 Å². The highest BCUT2D eigenvalue weighted by molar-refractivity contribution is 7.21. The van der Waals surface area contributed by atoms with E-state index in [1.807, 2.05) is 6.07 Å². The summed E-state index contributed by atoms with van der Waals surface area (Å²) >= 11 is 7.23. The number of hydrogen-bond acceptors (Lipinski definition) is 6. The molecule has 2 aromatic carbocycles. The molecule has 160 valence electrons. The van der Waals surface area contributed by atoms with Crippen LogP contribution in [0, 0.1) is 11.3 Å². The maximum Gasteiger partial charge on any atom is 0.416 e. The highest BCUT2D eigenvalue weighted by Crippen LogP contribution is 2.45. The number of carbonyl (C=O) groups excluding carboxylic acids is 1. The number of pyridine rings is 1.